The first kappa shape index (κ1) is 12.6. The second-order valence-corrected chi connectivity index (χ2v) is 3.63. The fraction of sp³-hybridized carbons (Fsp3) is 0.417. The minimum Gasteiger partial charge on any atom is -0.459 e. The lowest BCUT2D eigenvalue weighted by atomic mass is 10.2. The van der Waals surface area contributed by atoms with E-state index in [2.05, 4.69) is 0 Å². The van der Waals surface area contributed by atoms with Gasteiger partial charge in [-0.25, -0.2) is 13.6 Å². The highest BCUT2D eigenvalue weighted by Crippen LogP contribution is 2.13. The van der Waals surface area contributed by atoms with Crippen LogP contribution >= 0.6 is 0 Å². The van der Waals surface area contributed by atoms with E-state index in [0.717, 1.165) is 18.6 Å². The molecule has 16 heavy (non-hydrogen) atoms. The van der Waals surface area contributed by atoms with Gasteiger partial charge < -0.3 is 4.74 Å². The molecular formula is C12H14F2O2. The molecule has 2 nitrogen and oxygen atoms in total. The van der Waals surface area contributed by atoms with E-state index in [9.17, 15) is 13.6 Å². The molecule has 0 aliphatic rings. The number of hydrogen-bond acceptors (Lipinski definition) is 2. The molecule has 1 aromatic rings. The van der Waals surface area contributed by atoms with Gasteiger partial charge in [-0.1, -0.05) is 13.3 Å². The Balaban J connectivity index is 2.73. The van der Waals surface area contributed by atoms with Crippen LogP contribution in [0.25, 0.3) is 0 Å². The van der Waals surface area contributed by atoms with Gasteiger partial charge >= 0.3 is 5.97 Å². The molecular weight excluding hydrogens is 214 g/mol. The van der Waals surface area contributed by atoms with Crippen LogP contribution in [0.4, 0.5) is 8.78 Å². The zero-order valence-corrected chi connectivity index (χ0v) is 9.30. The van der Waals surface area contributed by atoms with Gasteiger partial charge in [0.15, 0.2) is 0 Å². The van der Waals surface area contributed by atoms with Gasteiger partial charge in [-0.3, -0.25) is 0 Å². The van der Waals surface area contributed by atoms with E-state index >= 15 is 0 Å². The molecule has 1 aromatic carbocycles. The first-order valence-electron chi connectivity index (χ1n) is 5.20. The maximum Gasteiger partial charge on any atom is 0.341 e. The summed E-state index contributed by atoms with van der Waals surface area (Å²) in [6.45, 7) is 3.70. The van der Waals surface area contributed by atoms with E-state index in [1.165, 1.54) is 0 Å². The third-order valence-electron chi connectivity index (χ3n) is 2.15. The van der Waals surface area contributed by atoms with E-state index in [1.54, 1.807) is 6.92 Å². The van der Waals surface area contributed by atoms with E-state index in [1.807, 2.05) is 6.92 Å². The smallest absolute Gasteiger partial charge is 0.341 e. The summed E-state index contributed by atoms with van der Waals surface area (Å²) < 4.78 is 30.8. The summed E-state index contributed by atoms with van der Waals surface area (Å²) in [5.74, 6) is -2.36. The number of hydrogen-bond donors (Lipinski definition) is 0. The summed E-state index contributed by atoms with van der Waals surface area (Å²) in [7, 11) is 0. The first-order valence-corrected chi connectivity index (χ1v) is 5.20. The molecule has 0 amide bonds. The molecule has 1 atom stereocenters. The molecule has 0 aromatic heterocycles. The van der Waals surface area contributed by atoms with Crippen molar-refractivity contribution in [1.29, 1.82) is 0 Å². The fourth-order valence-corrected chi connectivity index (χ4v) is 1.37. The van der Waals surface area contributed by atoms with Crippen molar-refractivity contribution < 1.29 is 18.3 Å². The predicted molar refractivity (Wildman–Crippen MR) is 56.1 cm³/mol. The van der Waals surface area contributed by atoms with E-state index in [0.29, 0.717) is 12.5 Å². The zero-order chi connectivity index (χ0) is 12.1. The highest BCUT2D eigenvalue weighted by molar-refractivity contribution is 5.89. The standard InChI is InChI=1S/C12H14F2O2/c1-3-4-8(2)16-12(15)10-6-5-9(13)7-11(10)14/h5-8H,3-4H2,1-2H3. The monoisotopic (exact) mass is 228 g/mol. The highest BCUT2D eigenvalue weighted by atomic mass is 19.1. The van der Waals surface area contributed by atoms with Crippen LogP contribution in [-0.2, 0) is 4.74 Å². The summed E-state index contributed by atoms with van der Waals surface area (Å²) in [6, 6.07) is 2.79. The van der Waals surface area contributed by atoms with Crippen molar-refractivity contribution in [2.45, 2.75) is 32.8 Å². The summed E-state index contributed by atoms with van der Waals surface area (Å²) in [6.07, 6.45) is 1.33. The second kappa shape index (κ2) is 5.58. The average molecular weight is 228 g/mol. The summed E-state index contributed by atoms with van der Waals surface area (Å²) in [5, 5.41) is 0. The van der Waals surface area contributed by atoms with E-state index in [4.69, 9.17) is 4.74 Å². The Morgan fingerprint density at radius 1 is 1.44 bits per heavy atom. The third kappa shape index (κ3) is 3.29. The van der Waals surface area contributed by atoms with Crippen molar-refractivity contribution in [1.82, 2.24) is 0 Å². The summed E-state index contributed by atoms with van der Waals surface area (Å²) >= 11 is 0. The Labute approximate surface area is 93.2 Å². The molecule has 4 heteroatoms. The van der Waals surface area contributed by atoms with Gasteiger partial charge in [0.25, 0.3) is 0 Å². The maximum absolute atomic E-state index is 13.2. The van der Waals surface area contributed by atoms with Gasteiger partial charge in [-0.05, 0) is 25.5 Å². The van der Waals surface area contributed by atoms with Crippen LogP contribution in [0, 0.1) is 11.6 Å². The Morgan fingerprint density at radius 3 is 2.69 bits per heavy atom. The molecule has 0 N–H and O–H groups in total. The quantitative estimate of drug-likeness (QED) is 0.739. The molecule has 0 saturated heterocycles. The molecule has 0 fully saturated rings. The van der Waals surface area contributed by atoms with Crippen LogP contribution < -0.4 is 0 Å². The first-order chi connectivity index (χ1) is 7.54. The van der Waals surface area contributed by atoms with Crippen LogP contribution in [0.15, 0.2) is 18.2 Å². The zero-order valence-electron chi connectivity index (χ0n) is 9.30. The number of ether oxygens (including phenoxy) is 1. The minimum atomic E-state index is -0.895. The van der Waals surface area contributed by atoms with E-state index in [-0.39, 0.29) is 11.7 Å². The predicted octanol–water partition coefficient (Wildman–Crippen LogP) is 3.31. The normalized spacial score (nSPS) is 12.2. The number of carbonyl (C=O) groups excluding carboxylic acids is 1. The van der Waals surface area contributed by atoms with Crippen LogP contribution in [0.1, 0.15) is 37.0 Å². The minimum absolute atomic E-state index is 0.232. The number of carbonyl (C=O) groups is 1. The van der Waals surface area contributed by atoms with Gasteiger partial charge in [0, 0.05) is 6.07 Å². The Bertz CT molecular complexity index is 377. The molecule has 1 rings (SSSR count). The van der Waals surface area contributed by atoms with Crippen molar-refractivity contribution in [3.63, 3.8) is 0 Å². The van der Waals surface area contributed by atoms with Crippen molar-refractivity contribution in [3.05, 3.63) is 35.4 Å². The largest absolute Gasteiger partial charge is 0.459 e. The molecule has 1 unspecified atom stereocenters. The summed E-state index contributed by atoms with van der Waals surface area (Å²) in [4.78, 5) is 11.5. The van der Waals surface area contributed by atoms with Crippen LogP contribution in [0.2, 0.25) is 0 Å². The number of rotatable bonds is 4. The molecule has 88 valence electrons. The molecule has 0 radical (unpaired) electrons. The average Bonchev–Trinajstić information content (AvgIpc) is 2.17. The second-order valence-electron chi connectivity index (χ2n) is 3.63. The van der Waals surface area contributed by atoms with Gasteiger partial charge in [0.05, 0.1) is 11.7 Å². The maximum atomic E-state index is 13.2. The fourth-order valence-electron chi connectivity index (χ4n) is 1.37. The number of benzene rings is 1. The Morgan fingerprint density at radius 2 is 2.12 bits per heavy atom. The molecule has 0 bridgehead atoms. The molecule has 0 saturated carbocycles. The number of esters is 1. The Hall–Kier alpha value is -1.45. The van der Waals surface area contributed by atoms with Crippen molar-refractivity contribution in [3.8, 4) is 0 Å². The molecule has 0 aliphatic heterocycles. The topological polar surface area (TPSA) is 26.3 Å². The van der Waals surface area contributed by atoms with Crippen molar-refractivity contribution >= 4 is 5.97 Å². The van der Waals surface area contributed by atoms with Gasteiger partial charge in [-0.15, -0.1) is 0 Å². The summed E-state index contributed by atoms with van der Waals surface area (Å²) in [5.41, 5.74) is -0.232. The van der Waals surface area contributed by atoms with Crippen LogP contribution in [0.3, 0.4) is 0 Å². The lowest BCUT2D eigenvalue weighted by molar-refractivity contribution is 0.0318. The lowest BCUT2D eigenvalue weighted by Crippen LogP contribution is -2.16. The highest BCUT2D eigenvalue weighted by Gasteiger charge is 2.16. The van der Waals surface area contributed by atoms with Gasteiger partial charge in [0.1, 0.15) is 11.6 Å². The van der Waals surface area contributed by atoms with E-state index < -0.39 is 17.6 Å². The van der Waals surface area contributed by atoms with Crippen LogP contribution in [0.5, 0.6) is 0 Å². The van der Waals surface area contributed by atoms with Gasteiger partial charge in [-0.2, -0.15) is 0 Å². The molecule has 0 spiro atoms. The lowest BCUT2D eigenvalue weighted by Gasteiger charge is -2.12. The Kier molecular flexibility index (Phi) is 4.40. The van der Waals surface area contributed by atoms with Crippen molar-refractivity contribution in [2.24, 2.45) is 0 Å². The third-order valence-corrected chi connectivity index (χ3v) is 2.15. The SMILES string of the molecule is CCCC(C)OC(=O)c1ccc(F)cc1F. The number of halogens is 2. The molecule has 0 aliphatic carbocycles. The van der Waals surface area contributed by atoms with Crippen LogP contribution in [-0.4, -0.2) is 12.1 Å². The van der Waals surface area contributed by atoms with Gasteiger partial charge in [0.2, 0.25) is 0 Å². The molecule has 0 heterocycles. The van der Waals surface area contributed by atoms with Crippen molar-refractivity contribution in [2.75, 3.05) is 0 Å².